The molecule has 3 aromatic rings. The van der Waals surface area contributed by atoms with E-state index in [1.54, 1.807) is 12.4 Å². The van der Waals surface area contributed by atoms with E-state index in [0.29, 0.717) is 11.4 Å². The average molecular weight is 314 g/mol. The second kappa shape index (κ2) is 5.36. The Labute approximate surface area is 138 Å². The van der Waals surface area contributed by atoms with Gasteiger partial charge in [0.05, 0.1) is 6.07 Å². The monoisotopic (exact) mass is 314 g/mol. The molecule has 5 heteroatoms. The van der Waals surface area contributed by atoms with Gasteiger partial charge in [0.25, 0.3) is 0 Å². The van der Waals surface area contributed by atoms with Crippen LogP contribution >= 0.6 is 0 Å². The van der Waals surface area contributed by atoms with Crippen molar-refractivity contribution in [2.24, 2.45) is 5.92 Å². The van der Waals surface area contributed by atoms with Crippen LogP contribution in [0, 0.1) is 22.7 Å². The van der Waals surface area contributed by atoms with Crippen molar-refractivity contribution in [2.45, 2.75) is 5.92 Å². The van der Waals surface area contributed by atoms with Gasteiger partial charge < -0.3 is 10.5 Å². The van der Waals surface area contributed by atoms with Crippen molar-refractivity contribution in [3.05, 3.63) is 66.0 Å². The average Bonchev–Trinajstić information content (AvgIpc) is 2.61. The van der Waals surface area contributed by atoms with Crippen molar-refractivity contribution in [3.8, 4) is 11.8 Å². The minimum Gasteiger partial charge on any atom is -0.441 e. The van der Waals surface area contributed by atoms with Crippen LogP contribution < -0.4 is 10.5 Å². The summed E-state index contributed by atoms with van der Waals surface area (Å²) in [7, 11) is 0. The molecule has 2 unspecified atom stereocenters. The maximum Gasteiger partial charge on any atom is 0.205 e. The van der Waals surface area contributed by atoms with Crippen molar-refractivity contribution < 1.29 is 4.74 Å². The van der Waals surface area contributed by atoms with Crippen LogP contribution in [-0.4, -0.2) is 10.9 Å². The second-order valence-electron chi connectivity index (χ2n) is 5.76. The van der Waals surface area contributed by atoms with Gasteiger partial charge >= 0.3 is 0 Å². The molecule has 1 aliphatic heterocycles. The minimum atomic E-state index is -0.680. The van der Waals surface area contributed by atoms with E-state index in [-0.39, 0.29) is 11.8 Å². The highest BCUT2D eigenvalue weighted by Gasteiger charge is 2.37. The Morgan fingerprint density at radius 1 is 1.12 bits per heavy atom. The third-order valence-electron chi connectivity index (χ3n) is 4.42. The molecule has 24 heavy (non-hydrogen) atoms. The van der Waals surface area contributed by atoms with Gasteiger partial charge in [-0.1, -0.05) is 30.3 Å². The first kappa shape index (κ1) is 14.2. The first-order chi connectivity index (χ1) is 11.7. The maximum atomic E-state index is 9.56. The van der Waals surface area contributed by atoms with Crippen LogP contribution in [-0.2, 0) is 0 Å². The highest BCUT2D eigenvalue weighted by Crippen LogP contribution is 2.45. The molecule has 116 valence electrons. The maximum absolute atomic E-state index is 9.56. The number of nitriles is 1. The zero-order valence-corrected chi connectivity index (χ0v) is 12.7. The number of pyridine rings is 1. The topological polar surface area (TPSA) is 95.8 Å². The third-order valence-corrected chi connectivity index (χ3v) is 4.42. The SMILES string of the molecule is N#CC1C(=N)Oc2c(ccc3c(N)cccc23)C1c1cccnc1. The Kier molecular flexibility index (Phi) is 3.17. The van der Waals surface area contributed by atoms with E-state index in [0.717, 1.165) is 21.9 Å². The molecule has 0 bridgehead atoms. The van der Waals surface area contributed by atoms with Crippen LogP contribution in [0.15, 0.2) is 54.9 Å². The predicted molar refractivity (Wildman–Crippen MR) is 91.9 cm³/mol. The first-order valence-electron chi connectivity index (χ1n) is 7.57. The molecule has 0 spiro atoms. The van der Waals surface area contributed by atoms with Gasteiger partial charge in [-0.05, 0) is 17.7 Å². The van der Waals surface area contributed by atoms with E-state index < -0.39 is 5.92 Å². The zero-order chi connectivity index (χ0) is 16.7. The number of nitrogens with one attached hydrogen (secondary N) is 1. The van der Waals surface area contributed by atoms with Crippen molar-refractivity contribution in [3.63, 3.8) is 0 Å². The van der Waals surface area contributed by atoms with Crippen molar-refractivity contribution >= 4 is 22.4 Å². The summed E-state index contributed by atoms with van der Waals surface area (Å²) in [4.78, 5) is 4.16. The van der Waals surface area contributed by atoms with Gasteiger partial charge in [0.2, 0.25) is 5.90 Å². The summed E-state index contributed by atoms with van der Waals surface area (Å²) in [6.45, 7) is 0. The fourth-order valence-corrected chi connectivity index (χ4v) is 3.30. The highest BCUT2D eigenvalue weighted by molar-refractivity contribution is 6.00. The minimum absolute atomic E-state index is 0.0474. The summed E-state index contributed by atoms with van der Waals surface area (Å²) in [5, 5.41) is 19.5. The van der Waals surface area contributed by atoms with Gasteiger partial charge in [-0.2, -0.15) is 5.26 Å². The zero-order valence-electron chi connectivity index (χ0n) is 12.7. The molecule has 0 saturated heterocycles. The predicted octanol–water partition coefficient (Wildman–Crippen LogP) is 3.46. The molecule has 4 rings (SSSR count). The Balaban J connectivity index is 2.02. The van der Waals surface area contributed by atoms with E-state index >= 15 is 0 Å². The van der Waals surface area contributed by atoms with E-state index in [9.17, 15) is 5.26 Å². The van der Waals surface area contributed by atoms with Gasteiger partial charge in [-0.25, -0.2) is 0 Å². The lowest BCUT2D eigenvalue weighted by Crippen LogP contribution is -2.31. The fraction of sp³-hybridized carbons (Fsp3) is 0.105. The summed E-state index contributed by atoms with van der Waals surface area (Å²) in [6.07, 6.45) is 3.43. The number of hydrogen-bond acceptors (Lipinski definition) is 5. The summed E-state index contributed by atoms with van der Waals surface area (Å²) >= 11 is 0. The molecule has 3 N–H and O–H groups in total. The molecule has 1 aliphatic rings. The molecule has 2 heterocycles. The number of ether oxygens (including phenoxy) is 1. The molecule has 0 aliphatic carbocycles. The lowest BCUT2D eigenvalue weighted by Gasteiger charge is -2.31. The number of benzene rings is 2. The standard InChI is InChI=1S/C19H14N4O/c20-9-15-17(11-3-2-8-23-10-11)14-7-6-12-13(4-1-5-16(12)21)18(14)24-19(15)22/h1-8,10,15,17,22H,21H2. The summed E-state index contributed by atoms with van der Waals surface area (Å²) in [5.41, 5.74) is 8.48. The Hall–Kier alpha value is -3.39. The smallest absolute Gasteiger partial charge is 0.205 e. The third kappa shape index (κ3) is 2.01. The molecule has 2 atom stereocenters. The molecule has 0 saturated carbocycles. The van der Waals surface area contributed by atoms with Crippen LogP contribution in [0.5, 0.6) is 5.75 Å². The first-order valence-corrected chi connectivity index (χ1v) is 7.57. The van der Waals surface area contributed by atoms with Gasteiger partial charge in [0.1, 0.15) is 11.7 Å². The second-order valence-corrected chi connectivity index (χ2v) is 5.76. The number of anilines is 1. The van der Waals surface area contributed by atoms with Crippen LogP contribution in [0.3, 0.4) is 0 Å². The highest BCUT2D eigenvalue weighted by atomic mass is 16.5. The van der Waals surface area contributed by atoms with Gasteiger partial charge in [-0.15, -0.1) is 0 Å². The van der Waals surface area contributed by atoms with Gasteiger partial charge in [0.15, 0.2) is 0 Å². The molecule has 0 amide bonds. The van der Waals surface area contributed by atoms with Crippen molar-refractivity contribution in [1.82, 2.24) is 4.98 Å². The summed E-state index contributed by atoms with van der Waals surface area (Å²) in [5.74, 6) is -0.412. The molecule has 2 aromatic carbocycles. The number of nitrogen functional groups attached to an aromatic ring is 1. The quantitative estimate of drug-likeness (QED) is 0.672. The lowest BCUT2D eigenvalue weighted by atomic mass is 9.79. The van der Waals surface area contributed by atoms with Crippen LogP contribution in [0.4, 0.5) is 5.69 Å². The number of rotatable bonds is 1. The summed E-state index contributed by atoms with van der Waals surface area (Å²) < 4.78 is 5.74. The number of hydrogen-bond donors (Lipinski definition) is 2. The number of fused-ring (bicyclic) bond motifs is 3. The molecule has 5 nitrogen and oxygen atoms in total. The lowest BCUT2D eigenvalue weighted by molar-refractivity contribution is 0.455. The van der Waals surface area contributed by atoms with E-state index in [1.807, 2.05) is 42.5 Å². The van der Waals surface area contributed by atoms with E-state index in [2.05, 4.69) is 11.1 Å². The Morgan fingerprint density at radius 3 is 2.75 bits per heavy atom. The van der Waals surface area contributed by atoms with Crippen LogP contribution in [0.1, 0.15) is 17.0 Å². The van der Waals surface area contributed by atoms with E-state index in [4.69, 9.17) is 15.9 Å². The number of nitrogens with zero attached hydrogens (tertiary/aromatic N) is 2. The van der Waals surface area contributed by atoms with Crippen LogP contribution in [0.25, 0.3) is 10.8 Å². The Bertz CT molecular complexity index is 991. The van der Waals surface area contributed by atoms with E-state index in [1.165, 1.54) is 0 Å². The summed E-state index contributed by atoms with van der Waals surface area (Å²) in [6, 6.07) is 15.5. The van der Waals surface area contributed by atoms with Crippen molar-refractivity contribution in [1.29, 1.82) is 10.7 Å². The van der Waals surface area contributed by atoms with Gasteiger partial charge in [0, 0.05) is 40.3 Å². The molecule has 0 fully saturated rings. The number of nitrogens with two attached hydrogens (primary N) is 1. The Morgan fingerprint density at radius 2 is 2.00 bits per heavy atom. The van der Waals surface area contributed by atoms with Gasteiger partial charge in [-0.3, -0.25) is 10.4 Å². The van der Waals surface area contributed by atoms with Crippen LogP contribution in [0.2, 0.25) is 0 Å². The van der Waals surface area contributed by atoms with Crippen molar-refractivity contribution in [2.75, 3.05) is 5.73 Å². The molecule has 1 aromatic heterocycles. The molecule has 0 radical (unpaired) electrons. The fourth-order valence-electron chi connectivity index (χ4n) is 3.30. The normalized spacial score (nSPS) is 19.4. The number of aromatic nitrogens is 1. The molecular formula is C19H14N4O. The molecular weight excluding hydrogens is 300 g/mol. The largest absolute Gasteiger partial charge is 0.441 e.